The highest BCUT2D eigenvalue weighted by Gasteiger charge is 2.17. The standard InChI is InChI=1S/C15H11ClN4O4/c16-8-3-4-11(21)9(6-8)18-19-14-10(7-13(23)24)17-15-12(22)2-1-5-20(14)15/h1-6,21-22H,7H2,(H,23,24). The zero-order chi connectivity index (χ0) is 17.3. The van der Waals surface area contributed by atoms with Crippen molar-refractivity contribution in [2.75, 3.05) is 0 Å². The van der Waals surface area contributed by atoms with Crippen LogP contribution in [0.1, 0.15) is 5.69 Å². The van der Waals surface area contributed by atoms with E-state index in [-0.39, 0.29) is 34.3 Å². The number of aromatic nitrogens is 2. The number of azo groups is 1. The maximum atomic E-state index is 11.0. The Labute approximate surface area is 140 Å². The van der Waals surface area contributed by atoms with Crippen LogP contribution in [0.5, 0.6) is 11.5 Å². The number of halogens is 1. The van der Waals surface area contributed by atoms with Gasteiger partial charge in [0.05, 0.1) is 12.1 Å². The number of phenolic OH excluding ortho intramolecular Hbond substituents is 1. The lowest BCUT2D eigenvalue weighted by molar-refractivity contribution is -0.136. The van der Waals surface area contributed by atoms with E-state index in [0.717, 1.165) is 0 Å². The molecule has 8 nitrogen and oxygen atoms in total. The van der Waals surface area contributed by atoms with Gasteiger partial charge in [0.25, 0.3) is 0 Å². The lowest BCUT2D eigenvalue weighted by Crippen LogP contribution is -2.00. The normalized spacial score (nSPS) is 11.4. The number of carboxylic acid groups (broad SMARTS) is 1. The molecular formula is C15H11ClN4O4. The Kier molecular flexibility index (Phi) is 4.05. The minimum Gasteiger partial charge on any atom is -0.506 e. The summed E-state index contributed by atoms with van der Waals surface area (Å²) in [5.41, 5.74) is 0.422. The largest absolute Gasteiger partial charge is 0.506 e. The molecule has 0 fully saturated rings. The molecule has 0 amide bonds. The predicted molar refractivity (Wildman–Crippen MR) is 85.5 cm³/mol. The molecule has 0 unspecified atom stereocenters. The molecule has 0 saturated heterocycles. The summed E-state index contributed by atoms with van der Waals surface area (Å²) in [5.74, 6) is -1.20. The van der Waals surface area contributed by atoms with Crippen LogP contribution in [0, 0.1) is 0 Å². The molecule has 3 aromatic rings. The minimum atomic E-state index is -1.10. The van der Waals surface area contributed by atoms with E-state index in [2.05, 4.69) is 15.2 Å². The van der Waals surface area contributed by atoms with E-state index in [1.54, 1.807) is 12.3 Å². The lowest BCUT2D eigenvalue weighted by atomic mass is 10.3. The van der Waals surface area contributed by atoms with Gasteiger partial charge in [0, 0.05) is 11.2 Å². The number of pyridine rings is 1. The first-order chi connectivity index (χ1) is 11.5. The van der Waals surface area contributed by atoms with E-state index in [4.69, 9.17) is 16.7 Å². The topological polar surface area (TPSA) is 120 Å². The van der Waals surface area contributed by atoms with Gasteiger partial charge in [0.15, 0.2) is 17.2 Å². The van der Waals surface area contributed by atoms with Crippen LogP contribution in [0.4, 0.5) is 11.5 Å². The third kappa shape index (κ3) is 2.99. The van der Waals surface area contributed by atoms with Gasteiger partial charge in [0.2, 0.25) is 0 Å². The zero-order valence-corrected chi connectivity index (χ0v) is 12.8. The minimum absolute atomic E-state index is 0.115. The van der Waals surface area contributed by atoms with E-state index in [1.807, 2.05) is 0 Å². The second-order valence-electron chi connectivity index (χ2n) is 4.87. The van der Waals surface area contributed by atoms with Gasteiger partial charge in [-0.25, -0.2) is 4.98 Å². The van der Waals surface area contributed by atoms with Gasteiger partial charge >= 0.3 is 5.97 Å². The molecule has 0 bridgehead atoms. The maximum Gasteiger partial charge on any atom is 0.309 e. The number of carbonyl (C=O) groups is 1. The Morgan fingerprint density at radius 2 is 2.00 bits per heavy atom. The Balaban J connectivity index is 2.13. The van der Waals surface area contributed by atoms with Crippen LogP contribution in [0.2, 0.25) is 5.02 Å². The number of rotatable bonds is 4. The van der Waals surface area contributed by atoms with Crippen molar-refractivity contribution in [2.24, 2.45) is 10.2 Å². The molecule has 0 spiro atoms. The Morgan fingerprint density at radius 3 is 2.75 bits per heavy atom. The van der Waals surface area contributed by atoms with Gasteiger partial charge in [0.1, 0.15) is 11.4 Å². The highest BCUT2D eigenvalue weighted by atomic mass is 35.5. The van der Waals surface area contributed by atoms with Crippen molar-refractivity contribution in [1.82, 2.24) is 9.38 Å². The first-order valence-corrected chi connectivity index (χ1v) is 7.14. The third-order valence-electron chi connectivity index (χ3n) is 3.18. The first kappa shape index (κ1) is 15.8. The Hall–Kier alpha value is -3.13. The maximum absolute atomic E-state index is 11.0. The van der Waals surface area contributed by atoms with Crippen molar-refractivity contribution in [3.05, 3.63) is 47.2 Å². The van der Waals surface area contributed by atoms with Crippen LogP contribution >= 0.6 is 11.6 Å². The van der Waals surface area contributed by atoms with Gasteiger partial charge < -0.3 is 15.3 Å². The second-order valence-corrected chi connectivity index (χ2v) is 5.31. The summed E-state index contributed by atoms with van der Waals surface area (Å²) in [6.45, 7) is 0. The number of carboxylic acids is 1. The summed E-state index contributed by atoms with van der Waals surface area (Å²) < 4.78 is 1.42. The molecule has 24 heavy (non-hydrogen) atoms. The second kappa shape index (κ2) is 6.17. The molecule has 3 rings (SSSR count). The van der Waals surface area contributed by atoms with Crippen LogP contribution < -0.4 is 0 Å². The quantitative estimate of drug-likeness (QED) is 0.625. The molecule has 0 aliphatic carbocycles. The van der Waals surface area contributed by atoms with E-state index >= 15 is 0 Å². The summed E-state index contributed by atoms with van der Waals surface area (Å²) in [4.78, 5) is 15.1. The third-order valence-corrected chi connectivity index (χ3v) is 3.42. The van der Waals surface area contributed by atoms with Gasteiger partial charge in [-0.1, -0.05) is 11.6 Å². The van der Waals surface area contributed by atoms with Gasteiger partial charge in [-0.3, -0.25) is 9.20 Å². The van der Waals surface area contributed by atoms with Crippen LogP contribution in [-0.2, 0) is 11.2 Å². The van der Waals surface area contributed by atoms with Crippen molar-refractivity contribution in [2.45, 2.75) is 6.42 Å². The fraction of sp³-hybridized carbons (Fsp3) is 0.0667. The summed E-state index contributed by atoms with van der Waals surface area (Å²) in [6.07, 6.45) is 1.18. The van der Waals surface area contributed by atoms with Crippen molar-refractivity contribution in [1.29, 1.82) is 0 Å². The average molecular weight is 347 g/mol. The SMILES string of the molecule is O=C(O)Cc1nc2c(O)cccn2c1N=Nc1cc(Cl)ccc1O. The van der Waals surface area contributed by atoms with Crippen molar-refractivity contribution < 1.29 is 20.1 Å². The van der Waals surface area contributed by atoms with E-state index in [1.165, 1.54) is 28.7 Å². The molecule has 0 saturated carbocycles. The highest BCUT2D eigenvalue weighted by molar-refractivity contribution is 6.30. The van der Waals surface area contributed by atoms with E-state index < -0.39 is 12.4 Å². The average Bonchev–Trinajstić information content (AvgIpc) is 2.86. The number of nitrogens with zero attached hydrogens (tertiary/aromatic N) is 4. The summed E-state index contributed by atoms with van der Waals surface area (Å²) >= 11 is 5.85. The first-order valence-electron chi connectivity index (χ1n) is 6.76. The fourth-order valence-corrected chi connectivity index (χ4v) is 2.30. The van der Waals surface area contributed by atoms with Crippen LogP contribution in [0.25, 0.3) is 5.65 Å². The molecule has 3 N–H and O–H groups in total. The van der Waals surface area contributed by atoms with E-state index in [9.17, 15) is 15.0 Å². The molecular weight excluding hydrogens is 336 g/mol. The molecule has 9 heteroatoms. The van der Waals surface area contributed by atoms with Gasteiger partial charge in [-0.15, -0.1) is 10.2 Å². The molecule has 2 aromatic heterocycles. The summed E-state index contributed by atoms with van der Waals surface area (Å²) in [6, 6.07) is 7.27. The number of hydrogen-bond acceptors (Lipinski definition) is 6. The van der Waals surface area contributed by atoms with E-state index in [0.29, 0.717) is 5.02 Å². The van der Waals surface area contributed by atoms with Gasteiger partial charge in [-0.05, 0) is 30.3 Å². The van der Waals surface area contributed by atoms with Crippen molar-refractivity contribution in [3.63, 3.8) is 0 Å². The number of aromatic hydroxyl groups is 2. The summed E-state index contributed by atoms with van der Waals surface area (Å²) in [7, 11) is 0. The fourth-order valence-electron chi connectivity index (χ4n) is 2.13. The Bertz CT molecular complexity index is 968. The molecule has 0 radical (unpaired) electrons. The lowest BCUT2D eigenvalue weighted by Gasteiger charge is -2.00. The number of fused-ring (bicyclic) bond motifs is 1. The molecule has 0 aliphatic rings. The zero-order valence-electron chi connectivity index (χ0n) is 12.1. The monoisotopic (exact) mass is 346 g/mol. The number of phenols is 1. The molecule has 0 aliphatic heterocycles. The predicted octanol–water partition coefficient (Wildman–Crippen LogP) is 3.44. The Morgan fingerprint density at radius 1 is 1.21 bits per heavy atom. The smallest absolute Gasteiger partial charge is 0.309 e. The van der Waals surface area contributed by atoms with Gasteiger partial charge in [-0.2, -0.15) is 0 Å². The number of aliphatic carboxylic acids is 1. The van der Waals surface area contributed by atoms with Crippen molar-refractivity contribution >= 4 is 34.7 Å². The molecule has 0 atom stereocenters. The number of benzene rings is 1. The molecule has 1 aromatic carbocycles. The molecule has 122 valence electrons. The van der Waals surface area contributed by atoms with Crippen LogP contribution in [0.3, 0.4) is 0 Å². The number of imidazole rings is 1. The highest BCUT2D eigenvalue weighted by Crippen LogP contribution is 2.33. The van der Waals surface area contributed by atoms with Crippen molar-refractivity contribution in [3.8, 4) is 11.5 Å². The molecule has 2 heterocycles. The van der Waals surface area contributed by atoms with Crippen LogP contribution in [0.15, 0.2) is 46.8 Å². The number of hydrogen-bond donors (Lipinski definition) is 3. The van der Waals surface area contributed by atoms with Crippen LogP contribution in [-0.4, -0.2) is 30.7 Å². The summed E-state index contributed by atoms with van der Waals surface area (Å²) in [5, 5.41) is 36.9.